The fourth-order valence-electron chi connectivity index (χ4n) is 1.63. The van der Waals surface area contributed by atoms with Gasteiger partial charge in [-0.1, -0.05) is 0 Å². The maximum absolute atomic E-state index is 12.1. The first-order chi connectivity index (χ1) is 8.65. The molecule has 0 bridgehead atoms. The van der Waals surface area contributed by atoms with E-state index < -0.39 is 0 Å². The average molecular weight is 251 g/mol. The highest BCUT2D eigenvalue weighted by Gasteiger charge is 2.29. The van der Waals surface area contributed by atoms with Crippen LogP contribution in [0.25, 0.3) is 0 Å². The van der Waals surface area contributed by atoms with E-state index in [9.17, 15) is 9.59 Å². The second kappa shape index (κ2) is 5.16. The number of hydrogen-bond acceptors (Lipinski definition) is 4. The maximum Gasteiger partial charge on any atom is 0.293 e. The lowest BCUT2D eigenvalue weighted by Gasteiger charge is -2.17. The monoisotopic (exact) mass is 251 g/mol. The quantitative estimate of drug-likeness (QED) is 0.764. The van der Waals surface area contributed by atoms with Crippen LogP contribution in [0.2, 0.25) is 0 Å². The summed E-state index contributed by atoms with van der Waals surface area (Å²) in [5, 5.41) is 9.19. The molecule has 2 amide bonds. The highest BCUT2D eigenvalue weighted by molar-refractivity contribution is 5.93. The summed E-state index contributed by atoms with van der Waals surface area (Å²) in [4.78, 5) is 29.0. The Labute approximate surface area is 105 Å². The number of carbonyl (C=O) groups is 2. The van der Waals surface area contributed by atoms with E-state index in [0.29, 0.717) is 12.5 Å². The molecule has 1 aliphatic rings. The van der Waals surface area contributed by atoms with E-state index in [2.05, 4.69) is 20.5 Å². The Bertz CT molecular complexity index is 452. The largest absolute Gasteiger partial charge is 0.358 e. The molecule has 0 aliphatic heterocycles. The number of H-pyrrole nitrogens is 1. The van der Waals surface area contributed by atoms with Crippen LogP contribution in [0.1, 0.15) is 42.1 Å². The van der Waals surface area contributed by atoms with Gasteiger partial charge < -0.3 is 10.2 Å². The number of aromatic amines is 1. The van der Waals surface area contributed by atoms with Gasteiger partial charge in [0.15, 0.2) is 0 Å². The molecule has 7 heteroatoms. The zero-order chi connectivity index (χ0) is 13.1. The third-order valence-corrected chi connectivity index (χ3v) is 2.94. The summed E-state index contributed by atoms with van der Waals surface area (Å²) >= 11 is 0. The molecular formula is C11H17N5O2. The summed E-state index contributed by atoms with van der Waals surface area (Å²) in [5.74, 6) is 0.817. The second-order valence-electron chi connectivity index (χ2n) is 4.31. The van der Waals surface area contributed by atoms with E-state index in [-0.39, 0.29) is 24.2 Å². The van der Waals surface area contributed by atoms with Crippen LogP contribution in [0.5, 0.6) is 0 Å². The van der Waals surface area contributed by atoms with Crippen LogP contribution in [0, 0.1) is 0 Å². The van der Waals surface area contributed by atoms with Crippen molar-refractivity contribution in [3.8, 4) is 0 Å². The Hall–Kier alpha value is -1.92. The zero-order valence-corrected chi connectivity index (χ0v) is 10.6. The summed E-state index contributed by atoms with van der Waals surface area (Å²) < 4.78 is 0. The van der Waals surface area contributed by atoms with Gasteiger partial charge in [0, 0.05) is 19.5 Å². The topological polar surface area (TPSA) is 91.0 Å². The Morgan fingerprint density at radius 3 is 2.78 bits per heavy atom. The summed E-state index contributed by atoms with van der Waals surface area (Å²) in [6.45, 7) is 2.29. The van der Waals surface area contributed by atoms with Crippen LogP contribution in [0.4, 0.5) is 0 Å². The van der Waals surface area contributed by atoms with Gasteiger partial charge in [0.1, 0.15) is 5.82 Å². The first kappa shape index (κ1) is 12.5. The first-order valence-electron chi connectivity index (χ1n) is 6.07. The highest BCUT2D eigenvalue weighted by Crippen LogP contribution is 2.37. The van der Waals surface area contributed by atoms with Crippen molar-refractivity contribution in [3.63, 3.8) is 0 Å². The Balaban J connectivity index is 2.04. The summed E-state index contributed by atoms with van der Waals surface area (Å²) in [6.07, 6.45) is 2.19. The number of nitrogens with zero attached hydrogens (tertiary/aromatic N) is 3. The van der Waals surface area contributed by atoms with Crippen molar-refractivity contribution in [1.82, 2.24) is 25.4 Å². The van der Waals surface area contributed by atoms with E-state index in [1.165, 1.54) is 4.90 Å². The normalized spacial score (nSPS) is 14.3. The van der Waals surface area contributed by atoms with E-state index in [4.69, 9.17) is 0 Å². The number of carbonyl (C=O) groups excluding carboxylic acids is 2. The minimum absolute atomic E-state index is 0.0269. The molecule has 1 aromatic heterocycles. The molecule has 18 heavy (non-hydrogen) atoms. The number of hydrogen-bond donors (Lipinski definition) is 2. The highest BCUT2D eigenvalue weighted by atomic mass is 16.2. The van der Waals surface area contributed by atoms with Crippen LogP contribution in [-0.4, -0.2) is 52.0 Å². The number of aromatic nitrogens is 3. The van der Waals surface area contributed by atoms with Crippen molar-refractivity contribution in [2.45, 2.75) is 25.7 Å². The summed E-state index contributed by atoms with van der Waals surface area (Å²) in [5.41, 5.74) is 0. The van der Waals surface area contributed by atoms with E-state index >= 15 is 0 Å². The smallest absolute Gasteiger partial charge is 0.293 e. The van der Waals surface area contributed by atoms with Gasteiger partial charge in [0.25, 0.3) is 5.91 Å². The molecule has 1 saturated carbocycles. The SMILES string of the molecule is CCN(CC(=O)NC)C(=O)c1n[nH]c(C2CC2)n1. The van der Waals surface area contributed by atoms with Gasteiger partial charge in [-0.25, -0.2) is 4.98 Å². The predicted octanol–water partition coefficient (Wildman–Crippen LogP) is -0.110. The van der Waals surface area contributed by atoms with Gasteiger partial charge >= 0.3 is 0 Å². The lowest BCUT2D eigenvalue weighted by molar-refractivity contribution is -0.121. The Morgan fingerprint density at radius 2 is 2.22 bits per heavy atom. The van der Waals surface area contributed by atoms with Crippen LogP contribution in [0.15, 0.2) is 0 Å². The minimum Gasteiger partial charge on any atom is -0.358 e. The molecule has 0 radical (unpaired) electrons. The third kappa shape index (κ3) is 2.66. The Morgan fingerprint density at radius 1 is 1.50 bits per heavy atom. The van der Waals surface area contributed by atoms with Gasteiger partial charge in [-0.15, -0.1) is 5.10 Å². The third-order valence-electron chi connectivity index (χ3n) is 2.94. The van der Waals surface area contributed by atoms with Crippen LogP contribution < -0.4 is 5.32 Å². The molecule has 0 aromatic carbocycles. The summed E-state index contributed by atoms with van der Waals surface area (Å²) in [7, 11) is 1.54. The van der Waals surface area contributed by atoms with Gasteiger partial charge in [-0.3, -0.25) is 14.7 Å². The first-order valence-corrected chi connectivity index (χ1v) is 6.07. The van der Waals surface area contributed by atoms with Crippen LogP contribution >= 0.6 is 0 Å². The van der Waals surface area contributed by atoms with Crippen molar-refractivity contribution >= 4 is 11.8 Å². The lowest BCUT2D eigenvalue weighted by atomic mass is 10.4. The molecule has 0 saturated heterocycles. The second-order valence-corrected chi connectivity index (χ2v) is 4.31. The van der Waals surface area contributed by atoms with E-state index in [1.54, 1.807) is 7.05 Å². The summed E-state index contributed by atoms with van der Waals surface area (Å²) in [6, 6.07) is 0. The van der Waals surface area contributed by atoms with Crippen molar-refractivity contribution in [2.24, 2.45) is 0 Å². The van der Waals surface area contributed by atoms with Crippen LogP contribution in [0.3, 0.4) is 0 Å². The molecule has 98 valence electrons. The molecule has 2 N–H and O–H groups in total. The molecule has 1 fully saturated rings. The van der Waals surface area contributed by atoms with Gasteiger partial charge in [-0.05, 0) is 19.8 Å². The number of nitrogens with one attached hydrogen (secondary N) is 2. The van der Waals surface area contributed by atoms with E-state index in [1.807, 2.05) is 6.92 Å². The van der Waals surface area contributed by atoms with Crippen molar-refractivity contribution < 1.29 is 9.59 Å². The minimum atomic E-state index is -0.316. The fourth-order valence-corrected chi connectivity index (χ4v) is 1.63. The average Bonchev–Trinajstić information content (AvgIpc) is 3.12. The molecule has 1 aromatic rings. The standard InChI is InChI=1S/C11H17N5O2/c1-3-16(6-8(17)12-2)11(18)10-13-9(14-15-10)7-4-5-7/h7H,3-6H2,1-2H3,(H,12,17)(H,13,14,15). The van der Waals surface area contributed by atoms with E-state index in [0.717, 1.165) is 18.7 Å². The van der Waals surface area contributed by atoms with Crippen LogP contribution in [-0.2, 0) is 4.79 Å². The van der Waals surface area contributed by atoms with Crippen molar-refractivity contribution in [1.29, 1.82) is 0 Å². The maximum atomic E-state index is 12.1. The molecular weight excluding hydrogens is 234 g/mol. The van der Waals surface area contributed by atoms with Crippen molar-refractivity contribution in [3.05, 3.63) is 11.6 Å². The fraction of sp³-hybridized carbons (Fsp3) is 0.636. The molecule has 0 atom stereocenters. The van der Waals surface area contributed by atoms with Crippen molar-refractivity contribution in [2.75, 3.05) is 20.1 Å². The lowest BCUT2D eigenvalue weighted by Crippen LogP contribution is -2.39. The molecule has 1 heterocycles. The molecule has 7 nitrogen and oxygen atoms in total. The zero-order valence-electron chi connectivity index (χ0n) is 10.6. The number of amides is 2. The molecule has 1 aliphatic carbocycles. The number of rotatable bonds is 5. The Kier molecular flexibility index (Phi) is 3.59. The molecule has 0 unspecified atom stereocenters. The predicted molar refractivity (Wildman–Crippen MR) is 64.0 cm³/mol. The molecule has 2 rings (SSSR count). The molecule has 0 spiro atoms. The number of likely N-dealkylation sites (N-methyl/N-ethyl adjacent to an activating group) is 2. The van der Waals surface area contributed by atoms with Gasteiger partial charge in [-0.2, -0.15) is 0 Å². The van der Waals surface area contributed by atoms with Gasteiger partial charge in [0.2, 0.25) is 11.7 Å². The van der Waals surface area contributed by atoms with Gasteiger partial charge in [0.05, 0.1) is 6.54 Å².